The highest BCUT2D eigenvalue weighted by molar-refractivity contribution is 5.95. The highest BCUT2D eigenvalue weighted by atomic mass is 16.5. The fourth-order valence-corrected chi connectivity index (χ4v) is 1.82. The average molecular weight is 248 g/mol. The van der Waals surface area contributed by atoms with Gasteiger partial charge in [-0.1, -0.05) is 6.92 Å². The van der Waals surface area contributed by atoms with Gasteiger partial charge in [-0.05, 0) is 12.2 Å². The number of allylic oxidation sites excluding steroid dienone is 2. The van der Waals surface area contributed by atoms with Gasteiger partial charge in [0.05, 0.1) is 19.9 Å². The Morgan fingerprint density at radius 1 is 1.17 bits per heavy atom. The van der Waals surface area contributed by atoms with Crippen LogP contribution in [0.4, 0.5) is 0 Å². The predicted octanol–water partition coefficient (Wildman–Crippen LogP) is 1.51. The molecule has 1 atom stereocenters. The molecule has 0 fully saturated rings. The third kappa shape index (κ3) is 1.85. The van der Waals surface area contributed by atoms with Crippen LogP contribution in [-0.4, -0.2) is 26.2 Å². The van der Waals surface area contributed by atoms with Crippen LogP contribution in [0.15, 0.2) is 44.9 Å². The Balaban J connectivity index is 2.47. The quantitative estimate of drug-likeness (QED) is 0.694. The molecule has 0 N–H and O–H groups in total. The lowest BCUT2D eigenvalue weighted by Gasteiger charge is -2.16. The van der Waals surface area contributed by atoms with Crippen LogP contribution in [0.25, 0.3) is 0 Å². The summed E-state index contributed by atoms with van der Waals surface area (Å²) in [6.07, 6.45) is 3.35. The number of carbonyl (C=O) groups excluding carboxylic acids is 2. The molecule has 0 aromatic heterocycles. The van der Waals surface area contributed by atoms with E-state index in [1.807, 2.05) is 6.92 Å². The zero-order valence-corrected chi connectivity index (χ0v) is 10.3. The average Bonchev–Trinajstić information content (AvgIpc) is 2.78. The molecule has 94 valence electrons. The van der Waals surface area contributed by atoms with Gasteiger partial charge in [0.15, 0.2) is 5.70 Å². The predicted molar refractivity (Wildman–Crippen MR) is 61.2 cm³/mol. The maximum atomic E-state index is 11.6. The van der Waals surface area contributed by atoms with Crippen LogP contribution >= 0.6 is 0 Å². The van der Waals surface area contributed by atoms with Crippen LogP contribution in [0.3, 0.4) is 0 Å². The number of esters is 2. The summed E-state index contributed by atoms with van der Waals surface area (Å²) in [5.41, 5.74) is 1.65. The summed E-state index contributed by atoms with van der Waals surface area (Å²) in [7, 11) is 2.58. The number of azo groups is 1. The molecule has 0 amide bonds. The van der Waals surface area contributed by atoms with Gasteiger partial charge in [-0.2, -0.15) is 0 Å². The fourth-order valence-electron chi connectivity index (χ4n) is 1.82. The third-order valence-electron chi connectivity index (χ3n) is 2.79. The molecule has 0 saturated carbocycles. The molecule has 2 aliphatic rings. The van der Waals surface area contributed by atoms with E-state index < -0.39 is 11.9 Å². The Kier molecular flexibility index (Phi) is 3.10. The lowest BCUT2D eigenvalue weighted by atomic mass is 9.90. The SMILES string of the molecule is COC(=O)C1=CC2=C(C(=O)OC)N=NC2=C[C@H]1C. The van der Waals surface area contributed by atoms with Crippen molar-refractivity contribution in [3.05, 3.63) is 34.7 Å². The topological polar surface area (TPSA) is 77.3 Å². The van der Waals surface area contributed by atoms with Crippen molar-refractivity contribution in [3.8, 4) is 0 Å². The van der Waals surface area contributed by atoms with Crippen LogP contribution in [0.1, 0.15) is 6.92 Å². The van der Waals surface area contributed by atoms with E-state index in [1.54, 1.807) is 12.2 Å². The molecular weight excluding hydrogens is 236 g/mol. The summed E-state index contributed by atoms with van der Waals surface area (Å²) in [6, 6.07) is 0. The zero-order valence-electron chi connectivity index (χ0n) is 10.3. The van der Waals surface area contributed by atoms with Gasteiger partial charge in [-0.15, -0.1) is 10.2 Å². The third-order valence-corrected chi connectivity index (χ3v) is 2.79. The zero-order chi connectivity index (χ0) is 13.3. The number of carbonyl (C=O) groups is 2. The molecule has 1 heterocycles. The highest BCUT2D eigenvalue weighted by Gasteiger charge is 2.30. The molecule has 0 aromatic rings. The van der Waals surface area contributed by atoms with E-state index in [2.05, 4.69) is 15.0 Å². The van der Waals surface area contributed by atoms with Crippen molar-refractivity contribution in [3.63, 3.8) is 0 Å². The number of ether oxygens (including phenoxy) is 2. The van der Waals surface area contributed by atoms with Crippen LogP contribution in [0, 0.1) is 5.92 Å². The van der Waals surface area contributed by atoms with Gasteiger partial charge in [0.1, 0.15) is 0 Å². The van der Waals surface area contributed by atoms with Crippen LogP contribution < -0.4 is 0 Å². The van der Waals surface area contributed by atoms with Gasteiger partial charge in [0.25, 0.3) is 0 Å². The van der Waals surface area contributed by atoms with E-state index >= 15 is 0 Å². The summed E-state index contributed by atoms with van der Waals surface area (Å²) in [6.45, 7) is 1.85. The lowest BCUT2D eigenvalue weighted by Crippen LogP contribution is -2.15. The van der Waals surface area contributed by atoms with Crippen LogP contribution in [0.2, 0.25) is 0 Å². The molecule has 0 saturated heterocycles. The molecule has 6 nitrogen and oxygen atoms in total. The second-order valence-electron chi connectivity index (χ2n) is 3.89. The number of nitrogens with zero attached hydrogens (tertiary/aromatic N) is 2. The Hall–Kier alpha value is -2.24. The first-order valence-electron chi connectivity index (χ1n) is 5.35. The largest absolute Gasteiger partial charge is 0.466 e. The van der Waals surface area contributed by atoms with Gasteiger partial charge in [-0.25, -0.2) is 9.59 Å². The standard InChI is InChI=1S/C12H12N2O4/c1-6-4-9-8(5-7(6)11(15)17-2)10(14-13-9)12(16)18-3/h4-6H,1-3H3/t6-/m1/s1. The lowest BCUT2D eigenvalue weighted by molar-refractivity contribution is -0.137. The summed E-state index contributed by atoms with van der Waals surface area (Å²) in [5, 5.41) is 7.66. The molecule has 1 aliphatic carbocycles. The van der Waals surface area contributed by atoms with Gasteiger partial charge in [0, 0.05) is 17.1 Å². The van der Waals surface area contributed by atoms with Crippen LogP contribution in [-0.2, 0) is 19.1 Å². The highest BCUT2D eigenvalue weighted by Crippen LogP contribution is 2.35. The number of fused-ring (bicyclic) bond motifs is 1. The maximum absolute atomic E-state index is 11.6. The normalized spacial score (nSPS) is 21.2. The van der Waals surface area contributed by atoms with Crippen molar-refractivity contribution in [1.29, 1.82) is 0 Å². The van der Waals surface area contributed by atoms with Crippen molar-refractivity contribution < 1.29 is 19.1 Å². The maximum Gasteiger partial charge on any atom is 0.359 e. The van der Waals surface area contributed by atoms with Crippen LogP contribution in [0.5, 0.6) is 0 Å². The Morgan fingerprint density at radius 2 is 1.83 bits per heavy atom. The summed E-state index contributed by atoms with van der Waals surface area (Å²) >= 11 is 0. The molecular formula is C12H12N2O4. The second-order valence-corrected chi connectivity index (χ2v) is 3.89. The minimum Gasteiger partial charge on any atom is -0.466 e. The number of rotatable bonds is 2. The molecule has 2 rings (SSSR count). The van der Waals surface area contributed by atoms with E-state index in [0.29, 0.717) is 16.8 Å². The van der Waals surface area contributed by atoms with Gasteiger partial charge in [-0.3, -0.25) is 0 Å². The summed E-state index contributed by atoms with van der Waals surface area (Å²) < 4.78 is 9.30. The summed E-state index contributed by atoms with van der Waals surface area (Å²) in [5.74, 6) is -1.14. The monoisotopic (exact) mass is 248 g/mol. The number of hydrogen-bond donors (Lipinski definition) is 0. The Bertz CT molecular complexity index is 540. The molecule has 0 aromatic carbocycles. The van der Waals surface area contributed by atoms with E-state index in [0.717, 1.165) is 0 Å². The molecule has 0 bridgehead atoms. The van der Waals surface area contributed by atoms with Gasteiger partial charge < -0.3 is 9.47 Å². The first-order chi connectivity index (χ1) is 8.58. The van der Waals surface area contributed by atoms with E-state index in [4.69, 9.17) is 4.74 Å². The fraction of sp³-hybridized carbons (Fsp3) is 0.333. The second kappa shape index (κ2) is 4.56. The van der Waals surface area contributed by atoms with E-state index in [1.165, 1.54) is 14.2 Å². The number of hydrogen-bond acceptors (Lipinski definition) is 6. The smallest absolute Gasteiger partial charge is 0.359 e. The van der Waals surface area contributed by atoms with Crippen molar-refractivity contribution in [1.82, 2.24) is 0 Å². The van der Waals surface area contributed by atoms with Crippen molar-refractivity contribution >= 4 is 11.9 Å². The minimum atomic E-state index is -0.577. The minimum absolute atomic E-state index is 0.108. The van der Waals surface area contributed by atoms with E-state index in [9.17, 15) is 9.59 Å². The summed E-state index contributed by atoms with van der Waals surface area (Å²) in [4.78, 5) is 23.1. The Labute approximate surface area is 104 Å². The van der Waals surface area contributed by atoms with Crippen molar-refractivity contribution in [2.75, 3.05) is 14.2 Å². The molecule has 0 unspecified atom stereocenters. The van der Waals surface area contributed by atoms with Gasteiger partial charge >= 0.3 is 11.9 Å². The van der Waals surface area contributed by atoms with Gasteiger partial charge in [0.2, 0.25) is 0 Å². The van der Waals surface area contributed by atoms with Crippen molar-refractivity contribution in [2.24, 2.45) is 16.1 Å². The number of methoxy groups -OCH3 is 2. The van der Waals surface area contributed by atoms with Crippen molar-refractivity contribution in [2.45, 2.75) is 6.92 Å². The Morgan fingerprint density at radius 3 is 2.44 bits per heavy atom. The molecule has 0 radical (unpaired) electrons. The molecule has 1 aliphatic heterocycles. The molecule has 6 heteroatoms. The first kappa shape index (κ1) is 12.2. The molecule has 0 spiro atoms. The first-order valence-corrected chi connectivity index (χ1v) is 5.35. The van der Waals surface area contributed by atoms with E-state index in [-0.39, 0.29) is 11.6 Å². The molecule has 18 heavy (non-hydrogen) atoms.